The molecule has 1 heterocycles. The van der Waals surface area contributed by atoms with Crippen molar-refractivity contribution in [2.75, 3.05) is 0 Å². The number of benzene rings is 1. The number of aryl methyl sites for hydroxylation is 1. The predicted octanol–water partition coefficient (Wildman–Crippen LogP) is 2.73. The second kappa shape index (κ2) is 6.23. The van der Waals surface area contributed by atoms with E-state index in [9.17, 15) is 8.42 Å². The van der Waals surface area contributed by atoms with Gasteiger partial charge in [0.25, 0.3) is 0 Å². The standard InChI is InChI=1S/C14H16N2O2S3/c1-9-7-8-12(20-9)10(2)16-21(17,18)13-6-4-3-5-11(13)14(15)19/h3-8,10,16H,1-2H3,(H2,15,19). The first kappa shape index (κ1) is 16.1. The van der Waals surface area contributed by atoms with Crippen molar-refractivity contribution >= 4 is 38.6 Å². The van der Waals surface area contributed by atoms with Crippen LogP contribution in [0, 0.1) is 6.92 Å². The summed E-state index contributed by atoms with van der Waals surface area (Å²) in [6, 6.07) is 10.0. The van der Waals surface area contributed by atoms with Crippen molar-refractivity contribution in [3.8, 4) is 0 Å². The van der Waals surface area contributed by atoms with E-state index in [4.69, 9.17) is 18.0 Å². The van der Waals surface area contributed by atoms with Crippen molar-refractivity contribution < 1.29 is 8.42 Å². The van der Waals surface area contributed by atoms with Crippen LogP contribution in [0.5, 0.6) is 0 Å². The number of nitrogens with two attached hydrogens (primary N) is 1. The topological polar surface area (TPSA) is 72.2 Å². The average molecular weight is 340 g/mol. The molecule has 0 spiro atoms. The summed E-state index contributed by atoms with van der Waals surface area (Å²) >= 11 is 6.48. The Morgan fingerprint density at radius 1 is 1.29 bits per heavy atom. The van der Waals surface area contributed by atoms with Crippen LogP contribution >= 0.6 is 23.6 Å². The van der Waals surface area contributed by atoms with E-state index in [0.717, 1.165) is 9.75 Å². The maximum absolute atomic E-state index is 12.5. The van der Waals surface area contributed by atoms with Gasteiger partial charge in [-0.2, -0.15) is 0 Å². The Labute approximate surface area is 134 Å². The van der Waals surface area contributed by atoms with Crippen LogP contribution in [0.25, 0.3) is 0 Å². The minimum Gasteiger partial charge on any atom is -0.389 e. The van der Waals surface area contributed by atoms with Crippen molar-refractivity contribution in [2.24, 2.45) is 5.73 Å². The van der Waals surface area contributed by atoms with E-state index >= 15 is 0 Å². The number of rotatable bonds is 5. The molecule has 1 atom stereocenters. The minimum atomic E-state index is -3.68. The molecule has 1 unspecified atom stereocenters. The number of thiocarbonyl (C=S) groups is 1. The fourth-order valence-electron chi connectivity index (χ4n) is 1.94. The normalized spacial score (nSPS) is 13.0. The summed E-state index contributed by atoms with van der Waals surface area (Å²) in [5, 5.41) is 0. The predicted molar refractivity (Wildman–Crippen MR) is 90.1 cm³/mol. The van der Waals surface area contributed by atoms with Crippen molar-refractivity contribution in [2.45, 2.75) is 24.8 Å². The molecule has 0 aliphatic heterocycles. The molecule has 0 saturated carbocycles. The first-order valence-corrected chi connectivity index (χ1v) is 8.99. The Balaban J connectivity index is 2.33. The molecule has 3 N–H and O–H groups in total. The highest BCUT2D eigenvalue weighted by atomic mass is 32.2. The highest BCUT2D eigenvalue weighted by Gasteiger charge is 2.22. The number of hydrogen-bond acceptors (Lipinski definition) is 4. The maximum Gasteiger partial charge on any atom is 0.241 e. The molecular weight excluding hydrogens is 324 g/mol. The third-order valence-electron chi connectivity index (χ3n) is 2.96. The Hall–Kier alpha value is -1.28. The lowest BCUT2D eigenvalue weighted by atomic mass is 10.2. The Morgan fingerprint density at radius 3 is 2.52 bits per heavy atom. The molecular formula is C14H16N2O2S3. The van der Waals surface area contributed by atoms with Gasteiger partial charge >= 0.3 is 0 Å². The van der Waals surface area contributed by atoms with Gasteiger partial charge in [0, 0.05) is 15.3 Å². The van der Waals surface area contributed by atoms with Crippen LogP contribution < -0.4 is 10.5 Å². The molecule has 0 aliphatic carbocycles. The maximum atomic E-state index is 12.5. The second-order valence-corrected chi connectivity index (χ2v) is 8.09. The molecule has 0 saturated heterocycles. The summed E-state index contributed by atoms with van der Waals surface area (Å²) < 4.78 is 27.7. The third-order valence-corrected chi connectivity index (χ3v) is 5.96. The first-order chi connectivity index (χ1) is 9.81. The van der Waals surface area contributed by atoms with Gasteiger partial charge in [0.15, 0.2) is 0 Å². The van der Waals surface area contributed by atoms with E-state index in [0.29, 0.717) is 5.56 Å². The highest BCUT2D eigenvalue weighted by Crippen LogP contribution is 2.25. The molecule has 2 aromatic rings. The van der Waals surface area contributed by atoms with Gasteiger partial charge in [0.2, 0.25) is 10.0 Å². The molecule has 1 aromatic carbocycles. The van der Waals surface area contributed by atoms with E-state index < -0.39 is 10.0 Å². The van der Waals surface area contributed by atoms with Gasteiger partial charge in [-0.25, -0.2) is 13.1 Å². The van der Waals surface area contributed by atoms with Gasteiger partial charge in [-0.1, -0.05) is 30.4 Å². The summed E-state index contributed by atoms with van der Waals surface area (Å²) in [7, 11) is -3.68. The molecule has 7 heteroatoms. The molecule has 0 fully saturated rings. The summed E-state index contributed by atoms with van der Waals surface area (Å²) in [5.74, 6) is 0. The third kappa shape index (κ3) is 3.68. The Bertz CT molecular complexity index is 766. The van der Waals surface area contributed by atoms with Crippen LogP contribution in [0.2, 0.25) is 0 Å². The fraction of sp³-hybridized carbons (Fsp3) is 0.214. The van der Waals surface area contributed by atoms with Crippen LogP contribution in [0.1, 0.15) is 28.3 Å². The quantitative estimate of drug-likeness (QED) is 0.821. The zero-order chi connectivity index (χ0) is 15.6. The van der Waals surface area contributed by atoms with E-state index in [1.165, 1.54) is 6.07 Å². The first-order valence-electron chi connectivity index (χ1n) is 6.29. The van der Waals surface area contributed by atoms with Gasteiger partial charge in [-0.05, 0) is 32.0 Å². The zero-order valence-electron chi connectivity index (χ0n) is 11.7. The smallest absolute Gasteiger partial charge is 0.241 e. The summed E-state index contributed by atoms with van der Waals surface area (Å²) in [6.07, 6.45) is 0. The molecule has 0 radical (unpaired) electrons. The molecule has 21 heavy (non-hydrogen) atoms. The fourth-order valence-corrected chi connectivity index (χ4v) is 4.59. The molecule has 1 aromatic heterocycles. The Morgan fingerprint density at radius 2 is 1.95 bits per heavy atom. The van der Waals surface area contributed by atoms with Crippen LogP contribution in [-0.4, -0.2) is 13.4 Å². The van der Waals surface area contributed by atoms with Crippen LogP contribution in [0.15, 0.2) is 41.3 Å². The van der Waals surface area contributed by atoms with E-state index in [-0.39, 0.29) is 15.9 Å². The molecule has 4 nitrogen and oxygen atoms in total. The number of thiophene rings is 1. The van der Waals surface area contributed by atoms with Crippen LogP contribution in [-0.2, 0) is 10.0 Å². The number of hydrogen-bond donors (Lipinski definition) is 2. The summed E-state index contributed by atoms with van der Waals surface area (Å²) in [6.45, 7) is 3.80. The highest BCUT2D eigenvalue weighted by molar-refractivity contribution is 7.89. The van der Waals surface area contributed by atoms with Crippen molar-refractivity contribution in [3.63, 3.8) is 0 Å². The lowest BCUT2D eigenvalue weighted by Crippen LogP contribution is -2.28. The number of nitrogens with one attached hydrogen (secondary N) is 1. The minimum absolute atomic E-state index is 0.0654. The van der Waals surface area contributed by atoms with Gasteiger partial charge in [0.1, 0.15) is 4.99 Å². The summed E-state index contributed by atoms with van der Waals surface area (Å²) in [5.41, 5.74) is 5.95. The van der Waals surface area contributed by atoms with E-state index in [1.54, 1.807) is 29.5 Å². The van der Waals surface area contributed by atoms with Crippen LogP contribution in [0.3, 0.4) is 0 Å². The Kier molecular flexibility index (Phi) is 4.77. The monoisotopic (exact) mass is 340 g/mol. The molecule has 0 bridgehead atoms. The molecule has 0 amide bonds. The second-order valence-electron chi connectivity index (χ2n) is 4.65. The molecule has 112 valence electrons. The van der Waals surface area contributed by atoms with E-state index in [2.05, 4.69) is 4.72 Å². The lowest BCUT2D eigenvalue weighted by molar-refractivity contribution is 0.568. The van der Waals surface area contributed by atoms with Crippen molar-refractivity contribution in [1.82, 2.24) is 4.72 Å². The van der Waals surface area contributed by atoms with Crippen LogP contribution in [0.4, 0.5) is 0 Å². The van der Waals surface area contributed by atoms with Gasteiger partial charge < -0.3 is 5.73 Å². The summed E-state index contributed by atoms with van der Waals surface area (Å²) in [4.78, 5) is 2.27. The largest absolute Gasteiger partial charge is 0.389 e. The lowest BCUT2D eigenvalue weighted by Gasteiger charge is -2.15. The van der Waals surface area contributed by atoms with Gasteiger partial charge in [-0.3, -0.25) is 0 Å². The van der Waals surface area contributed by atoms with Crippen molar-refractivity contribution in [1.29, 1.82) is 0 Å². The number of sulfonamides is 1. The SMILES string of the molecule is Cc1ccc(C(C)NS(=O)(=O)c2ccccc2C(N)=S)s1. The molecule has 2 rings (SSSR count). The molecule has 0 aliphatic rings. The van der Waals surface area contributed by atoms with Gasteiger partial charge in [-0.15, -0.1) is 11.3 Å². The van der Waals surface area contributed by atoms with E-state index in [1.807, 2.05) is 26.0 Å². The zero-order valence-corrected chi connectivity index (χ0v) is 14.1. The van der Waals surface area contributed by atoms with Crippen molar-refractivity contribution in [3.05, 3.63) is 51.7 Å². The average Bonchev–Trinajstić information content (AvgIpc) is 2.85. The van der Waals surface area contributed by atoms with Gasteiger partial charge in [0.05, 0.1) is 10.9 Å².